The molecule has 2 rings (SSSR count). The molecule has 1 N–H and O–H groups in total. The van der Waals surface area contributed by atoms with Gasteiger partial charge in [0.1, 0.15) is 6.04 Å². The molecule has 7 heteroatoms. The topological polar surface area (TPSA) is 49.4 Å². The highest BCUT2D eigenvalue weighted by Gasteiger charge is 2.26. The number of thioether (sulfide) groups is 1. The van der Waals surface area contributed by atoms with Crippen LogP contribution < -0.4 is 5.32 Å². The van der Waals surface area contributed by atoms with Gasteiger partial charge in [0.25, 0.3) is 0 Å². The first kappa shape index (κ1) is 22.6. The van der Waals surface area contributed by atoms with Crippen LogP contribution >= 0.6 is 35.0 Å². The minimum atomic E-state index is -0.634. The van der Waals surface area contributed by atoms with E-state index in [1.165, 1.54) is 22.2 Å². The summed E-state index contributed by atoms with van der Waals surface area (Å²) in [5, 5.41) is 3.54. The number of aryl methyl sites for hydroxylation is 1. The third-order valence-corrected chi connectivity index (χ3v) is 6.12. The van der Waals surface area contributed by atoms with Gasteiger partial charge in [-0.15, -0.1) is 11.8 Å². The molecule has 4 nitrogen and oxygen atoms in total. The van der Waals surface area contributed by atoms with Crippen LogP contribution in [0.15, 0.2) is 42.5 Å². The summed E-state index contributed by atoms with van der Waals surface area (Å²) in [6, 6.07) is 12.8. The summed E-state index contributed by atoms with van der Waals surface area (Å²) < 4.78 is 0. The third kappa shape index (κ3) is 6.16. The van der Waals surface area contributed by atoms with Crippen molar-refractivity contribution in [2.45, 2.75) is 32.2 Å². The van der Waals surface area contributed by atoms with E-state index in [-0.39, 0.29) is 24.1 Å². The fourth-order valence-corrected chi connectivity index (χ4v) is 4.06. The Morgan fingerprint density at radius 3 is 2.29 bits per heavy atom. The minimum absolute atomic E-state index is 0.135. The zero-order valence-corrected chi connectivity index (χ0v) is 18.5. The molecule has 0 unspecified atom stereocenters. The fourth-order valence-electron chi connectivity index (χ4n) is 2.67. The van der Waals surface area contributed by atoms with E-state index < -0.39 is 6.04 Å². The molecule has 0 saturated carbocycles. The van der Waals surface area contributed by atoms with Crippen molar-refractivity contribution < 1.29 is 9.59 Å². The molecule has 0 aromatic heterocycles. The summed E-state index contributed by atoms with van der Waals surface area (Å²) in [6.45, 7) is 3.92. The van der Waals surface area contributed by atoms with Gasteiger partial charge in [0.05, 0.1) is 5.75 Å². The van der Waals surface area contributed by atoms with Crippen molar-refractivity contribution in [3.8, 4) is 0 Å². The number of amides is 2. The lowest BCUT2D eigenvalue weighted by atomic mass is 10.1. The van der Waals surface area contributed by atoms with Crippen molar-refractivity contribution in [3.05, 3.63) is 69.2 Å². The van der Waals surface area contributed by atoms with Crippen molar-refractivity contribution in [2.75, 3.05) is 12.8 Å². The van der Waals surface area contributed by atoms with Crippen LogP contribution in [-0.2, 0) is 21.9 Å². The molecule has 0 saturated heterocycles. The molecule has 0 aliphatic heterocycles. The Kier molecular flexibility index (Phi) is 8.67. The number of benzene rings is 2. The molecule has 150 valence electrons. The van der Waals surface area contributed by atoms with Crippen LogP contribution in [0.1, 0.15) is 23.6 Å². The molecule has 0 fully saturated rings. The fraction of sp³-hybridized carbons (Fsp3) is 0.333. The smallest absolute Gasteiger partial charge is 0.242 e. The summed E-state index contributed by atoms with van der Waals surface area (Å²) in [6.07, 6.45) is 0. The average Bonchev–Trinajstić information content (AvgIpc) is 2.68. The normalized spacial score (nSPS) is 11.8. The zero-order valence-electron chi connectivity index (χ0n) is 16.2. The monoisotopic (exact) mass is 438 g/mol. The molecule has 1 atom stereocenters. The SMILES string of the molecule is CNC(=O)[C@@H](C)N(Cc1c(Cl)cccc1Cl)C(=O)CSCc1ccc(C)cc1. The van der Waals surface area contributed by atoms with Gasteiger partial charge in [-0.3, -0.25) is 9.59 Å². The number of nitrogens with zero attached hydrogens (tertiary/aromatic N) is 1. The molecule has 0 aliphatic carbocycles. The highest BCUT2D eigenvalue weighted by atomic mass is 35.5. The van der Waals surface area contributed by atoms with Gasteiger partial charge in [-0.2, -0.15) is 0 Å². The van der Waals surface area contributed by atoms with E-state index in [1.807, 2.05) is 6.92 Å². The van der Waals surface area contributed by atoms with E-state index in [1.54, 1.807) is 32.2 Å². The number of hydrogen-bond acceptors (Lipinski definition) is 3. The van der Waals surface area contributed by atoms with Crippen molar-refractivity contribution in [1.29, 1.82) is 0 Å². The van der Waals surface area contributed by atoms with Crippen molar-refractivity contribution in [3.63, 3.8) is 0 Å². The molecule has 2 amide bonds. The van der Waals surface area contributed by atoms with Gasteiger partial charge < -0.3 is 10.2 Å². The quantitative estimate of drug-likeness (QED) is 0.649. The molecular formula is C21H24Cl2N2O2S. The van der Waals surface area contributed by atoms with Crippen molar-refractivity contribution in [2.24, 2.45) is 0 Å². The minimum Gasteiger partial charge on any atom is -0.357 e. The van der Waals surface area contributed by atoms with E-state index in [2.05, 4.69) is 29.6 Å². The van der Waals surface area contributed by atoms with Crippen LogP contribution in [-0.4, -0.2) is 35.6 Å². The largest absolute Gasteiger partial charge is 0.357 e. The summed E-state index contributed by atoms with van der Waals surface area (Å²) >= 11 is 14.0. The number of nitrogens with one attached hydrogen (secondary N) is 1. The number of rotatable bonds is 8. The lowest BCUT2D eigenvalue weighted by Crippen LogP contribution is -2.47. The molecule has 0 spiro atoms. The van der Waals surface area contributed by atoms with Crippen LogP contribution in [0.2, 0.25) is 10.0 Å². The predicted molar refractivity (Wildman–Crippen MR) is 118 cm³/mol. The lowest BCUT2D eigenvalue weighted by Gasteiger charge is -2.29. The molecule has 28 heavy (non-hydrogen) atoms. The van der Waals surface area contributed by atoms with E-state index in [9.17, 15) is 9.59 Å². The average molecular weight is 439 g/mol. The van der Waals surface area contributed by atoms with E-state index >= 15 is 0 Å². The molecule has 2 aromatic rings. The summed E-state index contributed by atoms with van der Waals surface area (Å²) in [7, 11) is 1.55. The first-order chi connectivity index (χ1) is 13.3. The first-order valence-electron chi connectivity index (χ1n) is 8.90. The highest BCUT2D eigenvalue weighted by molar-refractivity contribution is 7.99. The second kappa shape index (κ2) is 10.7. The highest BCUT2D eigenvalue weighted by Crippen LogP contribution is 2.27. The van der Waals surface area contributed by atoms with Gasteiger partial charge in [0, 0.05) is 35.0 Å². The Bertz CT molecular complexity index is 807. The maximum Gasteiger partial charge on any atom is 0.242 e. The second-order valence-corrected chi connectivity index (χ2v) is 8.29. The Morgan fingerprint density at radius 2 is 1.71 bits per heavy atom. The maximum absolute atomic E-state index is 12.9. The van der Waals surface area contributed by atoms with Crippen molar-refractivity contribution in [1.82, 2.24) is 10.2 Å². The number of carbonyl (C=O) groups excluding carboxylic acids is 2. The first-order valence-corrected chi connectivity index (χ1v) is 10.8. The molecule has 2 aromatic carbocycles. The lowest BCUT2D eigenvalue weighted by molar-refractivity contribution is -0.138. The molecule has 0 heterocycles. The van der Waals surface area contributed by atoms with Gasteiger partial charge in [-0.25, -0.2) is 0 Å². The summed E-state index contributed by atoms with van der Waals surface area (Å²) in [4.78, 5) is 26.6. The standard InChI is InChI=1S/C21H24Cl2N2O2S/c1-14-7-9-16(10-8-14)12-28-13-20(26)25(15(2)21(27)24-3)11-17-18(22)5-4-6-19(17)23/h4-10,15H,11-13H2,1-3H3,(H,24,27)/t15-/m1/s1. The number of hydrogen-bond donors (Lipinski definition) is 1. The number of likely N-dealkylation sites (N-methyl/N-ethyl adjacent to an activating group) is 1. The predicted octanol–water partition coefficient (Wildman–Crippen LogP) is 4.70. The molecule has 0 bridgehead atoms. The Labute approximate surface area is 180 Å². The van der Waals surface area contributed by atoms with E-state index in [0.717, 1.165) is 11.3 Å². The van der Waals surface area contributed by atoms with Crippen LogP contribution in [0.3, 0.4) is 0 Å². The van der Waals surface area contributed by atoms with Crippen molar-refractivity contribution >= 4 is 46.8 Å². The maximum atomic E-state index is 12.9. The Hall–Kier alpha value is -1.69. The van der Waals surface area contributed by atoms with Gasteiger partial charge in [0.2, 0.25) is 11.8 Å². The van der Waals surface area contributed by atoms with Crippen LogP contribution in [0.25, 0.3) is 0 Å². The van der Waals surface area contributed by atoms with Crippen LogP contribution in [0.5, 0.6) is 0 Å². The summed E-state index contributed by atoms with van der Waals surface area (Å²) in [5.41, 5.74) is 2.99. The van der Waals surface area contributed by atoms with Gasteiger partial charge >= 0.3 is 0 Å². The van der Waals surface area contributed by atoms with Crippen LogP contribution in [0.4, 0.5) is 0 Å². The number of halogens is 2. The van der Waals surface area contributed by atoms with E-state index in [0.29, 0.717) is 15.6 Å². The van der Waals surface area contributed by atoms with Crippen LogP contribution in [0, 0.1) is 6.92 Å². The van der Waals surface area contributed by atoms with Gasteiger partial charge in [-0.1, -0.05) is 59.1 Å². The summed E-state index contributed by atoms with van der Waals surface area (Å²) in [5.74, 6) is 0.613. The van der Waals surface area contributed by atoms with Gasteiger partial charge in [-0.05, 0) is 31.5 Å². The van der Waals surface area contributed by atoms with E-state index in [4.69, 9.17) is 23.2 Å². The second-order valence-electron chi connectivity index (χ2n) is 6.49. The Morgan fingerprint density at radius 1 is 1.11 bits per heavy atom. The molecule has 0 radical (unpaired) electrons. The molecular weight excluding hydrogens is 415 g/mol. The Balaban J connectivity index is 2.10. The zero-order chi connectivity index (χ0) is 20.7. The van der Waals surface area contributed by atoms with Gasteiger partial charge in [0.15, 0.2) is 0 Å². The molecule has 0 aliphatic rings. The third-order valence-electron chi connectivity index (χ3n) is 4.42. The number of carbonyl (C=O) groups is 2.